The molecule has 3 atom stereocenters. The van der Waals surface area contributed by atoms with Gasteiger partial charge in [-0.2, -0.15) is 0 Å². The maximum atomic E-state index is 12.2. The van der Waals surface area contributed by atoms with Crippen LogP contribution in [0.4, 0.5) is 0 Å². The summed E-state index contributed by atoms with van der Waals surface area (Å²) in [5.74, 6) is 0.809. The van der Waals surface area contributed by atoms with Gasteiger partial charge in [-0.3, -0.25) is 4.79 Å². The summed E-state index contributed by atoms with van der Waals surface area (Å²) in [6.45, 7) is 4.99. The fourth-order valence-corrected chi connectivity index (χ4v) is 3.47. The van der Waals surface area contributed by atoms with Crippen LogP contribution in [0.2, 0.25) is 0 Å². The van der Waals surface area contributed by atoms with E-state index in [0.29, 0.717) is 13.2 Å². The van der Waals surface area contributed by atoms with Crippen LogP contribution >= 0.6 is 0 Å². The highest BCUT2D eigenvalue weighted by molar-refractivity contribution is 5.82. The second-order valence-electron chi connectivity index (χ2n) is 6.62. The first-order valence-corrected chi connectivity index (χ1v) is 7.80. The van der Waals surface area contributed by atoms with E-state index >= 15 is 0 Å². The minimum atomic E-state index is -0.191. The summed E-state index contributed by atoms with van der Waals surface area (Å²) in [5.41, 5.74) is 0.114. The minimum absolute atomic E-state index is 0.0733. The predicted octanol–water partition coefficient (Wildman–Crippen LogP) is 0.602. The highest BCUT2D eigenvalue weighted by Gasteiger charge is 2.37. The van der Waals surface area contributed by atoms with E-state index in [9.17, 15) is 4.79 Å². The normalized spacial score (nSPS) is 35.0. The second-order valence-corrected chi connectivity index (χ2v) is 6.62. The van der Waals surface area contributed by atoms with Gasteiger partial charge in [0.1, 0.15) is 6.04 Å². The monoisotopic (exact) mass is 283 g/mol. The number of morpholine rings is 1. The van der Waals surface area contributed by atoms with Gasteiger partial charge >= 0.3 is 0 Å². The van der Waals surface area contributed by atoms with Gasteiger partial charge in [0.05, 0.1) is 13.2 Å². The first-order valence-electron chi connectivity index (χ1n) is 7.80. The zero-order valence-corrected chi connectivity index (χ0v) is 13.1. The van der Waals surface area contributed by atoms with E-state index in [0.717, 1.165) is 25.4 Å². The minimum Gasteiger partial charge on any atom is -0.378 e. The Balaban J connectivity index is 1.90. The summed E-state index contributed by atoms with van der Waals surface area (Å²) >= 11 is 0. The predicted molar refractivity (Wildman–Crippen MR) is 79.7 cm³/mol. The van der Waals surface area contributed by atoms with E-state index < -0.39 is 0 Å². The summed E-state index contributed by atoms with van der Waals surface area (Å²) in [5, 5.41) is 6.35. The molecule has 1 amide bonds. The standard InChI is InChI=1S/C15H29N3O2/c1-12-5-4-6-15(9-12,18(2)3)11-17-14(19)13-10-20-8-7-16-13/h12-13,16H,4-11H2,1-3H3,(H,17,19). The van der Waals surface area contributed by atoms with Gasteiger partial charge < -0.3 is 20.3 Å². The van der Waals surface area contributed by atoms with Crippen LogP contribution < -0.4 is 10.6 Å². The van der Waals surface area contributed by atoms with Gasteiger partial charge in [0.15, 0.2) is 0 Å². The zero-order valence-electron chi connectivity index (χ0n) is 13.1. The number of carbonyl (C=O) groups is 1. The van der Waals surface area contributed by atoms with Crippen LogP contribution in [0, 0.1) is 5.92 Å². The maximum absolute atomic E-state index is 12.2. The summed E-state index contributed by atoms with van der Waals surface area (Å²) in [6, 6.07) is -0.191. The van der Waals surface area contributed by atoms with Crippen molar-refractivity contribution in [3.8, 4) is 0 Å². The first kappa shape index (κ1) is 15.7. The van der Waals surface area contributed by atoms with Crippen LogP contribution in [-0.4, -0.2) is 62.8 Å². The van der Waals surface area contributed by atoms with Crippen molar-refractivity contribution in [2.45, 2.75) is 44.2 Å². The van der Waals surface area contributed by atoms with Crippen molar-refractivity contribution in [2.24, 2.45) is 5.92 Å². The van der Waals surface area contributed by atoms with E-state index in [1.165, 1.54) is 19.3 Å². The molecule has 3 unspecified atom stereocenters. The van der Waals surface area contributed by atoms with E-state index in [4.69, 9.17) is 4.74 Å². The van der Waals surface area contributed by atoms with Crippen molar-refractivity contribution < 1.29 is 9.53 Å². The van der Waals surface area contributed by atoms with Crippen molar-refractivity contribution in [3.63, 3.8) is 0 Å². The number of rotatable bonds is 4. The van der Waals surface area contributed by atoms with Crippen LogP contribution in [0.3, 0.4) is 0 Å². The van der Waals surface area contributed by atoms with E-state index in [2.05, 4.69) is 36.6 Å². The summed E-state index contributed by atoms with van der Waals surface area (Å²) < 4.78 is 5.35. The average molecular weight is 283 g/mol. The lowest BCUT2D eigenvalue weighted by Crippen LogP contribution is -2.58. The van der Waals surface area contributed by atoms with Crippen LogP contribution in [0.5, 0.6) is 0 Å². The SMILES string of the molecule is CC1CCCC(CNC(=O)C2COCCN2)(N(C)C)C1. The van der Waals surface area contributed by atoms with Gasteiger partial charge in [-0.1, -0.05) is 19.8 Å². The highest BCUT2D eigenvalue weighted by Crippen LogP contribution is 2.35. The van der Waals surface area contributed by atoms with E-state index in [1.807, 2.05) is 0 Å². The number of ether oxygens (including phenoxy) is 1. The molecule has 1 aliphatic heterocycles. The third-order valence-corrected chi connectivity index (χ3v) is 4.85. The molecule has 1 saturated heterocycles. The second kappa shape index (κ2) is 6.87. The maximum Gasteiger partial charge on any atom is 0.239 e. The molecule has 1 aliphatic carbocycles. The fourth-order valence-electron chi connectivity index (χ4n) is 3.47. The smallest absolute Gasteiger partial charge is 0.239 e. The van der Waals surface area contributed by atoms with Crippen LogP contribution in [-0.2, 0) is 9.53 Å². The number of hydrogen-bond donors (Lipinski definition) is 2. The quantitative estimate of drug-likeness (QED) is 0.793. The molecule has 2 aliphatic rings. The summed E-state index contributed by atoms with van der Waals surface area (Å²) in [4.78, 5) is 14.5. The molecule has 1 saturated carbocycles. The summed E-state index contributed by atoms with van der Waals surface area (Å²) in [7, 11) is 4.26. The van der Waals surface area contributed by atoms with Crippen LogP contribution in [0.1, 0.15) is 32.6 Å². The number of hydrogen-bond acceptors (Lipinski definition) is 4. The summed E-state index contributed by atoms with van der Waals surface area (Å²) in [6.07, 6.45) is 4.88. The Labute approximate surface area is 122 Å². The molecule has 0 radical (unpaired) electrons. The Morgan fingerprint density at radius 2 is 2.30 bits per heavy atom. The molecule has 0 aromatic carbocycles. The molecule has 1 heterocycles. The third-order valence-electron chi connectivity index (χ3n) is 4.85. The Kier molecular flexibility index (Phi) is 5.41. The Morgan fingerprint density at radius 1 is 1.50 bits per heavy atom. The zero-order chi connectivity index (χ0) is 14.6. The molecule has 116 valence electrons. The lowest BCUT2D eigenvalue weighted by Gasteiger charge is -2.45. The highest BCUT2D eigenvalue weighted by atomic mass is 16.5. The molecule has 0 aromatic rings. The number of carbonyl (C=O) groups excluding carboxylic acids is 1. The molecular formula is C15H29N3O2. The molecule has 0 aromatic heterocycles. The molecule has 5 heteroatoms. The van der Waals surface area contributed by atoms with E-state index in [1.54, 1.807) is 0 Å². The topological polar surface area (TPSA) is 53.6 Å². The molecule has 0 bridgehead atoms. The Hall–Kier alpha value is -0.650. The van der Waals surface area contributed by atoms with Gasteiger partial charge in [-0.15, -0.1) is 0 Å². The van der Waals surface area contributed by atoms with Crippen molar-refractivity contribution in [1.82, 2.24) is 15.5 Å². The Bertz CT molecular complexity index is 329. The number of amides is 1. The molecule has 0 spiro atoms. The van der Waals surface area contributed by atoms with Gasteiger partial charge in [0.2, 0.25) is 5.91 Å². The molecule has 2 N–H and O–H groups in total. The number of nitrogens with zero attached hydrogens (tertiary/aromatic N) is 1. The number of nitrogens with one attached hydrogen (secondary N) is 2. The van der Waals surface area contributed by atoms with Gasteiger partial charge in [-0.05, 0) is 32.9 Å². The van der Waals surface area contributed by atoms with Crippen molar-refractivity contribution in [3.05, 3.63) is 0 Å². The van der Waals surface area contributed by atoms with Crippen LogP contribution in [0.25, 0.3) is 0 Å². The van der Waals surface area contributed by atoms with E-state index in [-0.39, 0.29) is 17.5 Å². The van der Waals surface area contributed by atoms with Gasteiger partial charge in [-0.25, -0.2) is 0 Å². The van der Waals surface area contributed by atoms with Crippen molar-refractivity contribution in [2.75, 3.05) is 40.4 Å². The number of likely N-dealkylation sites (N-methyl/N-ethyl adjacent to an activating group) is 1. The van der Waals surface area contributed by atoms with Crippen molar-refractivity contribution in [1.29, 1.82) is 0 Å². The molecule has 2 fully saturated rings. The molecule has 5 nitrogen and oxygen atoms in total. The molecule has 20 heavy (non-hydrogen) atoms. The van der Waals surface area contributed by atoms with Crippen LogP contribution in [0.15, 0.2) is 0 Å². The first-order chi connectivity index (χ1) is 9.53. The largest absolute Gasteiger partial charge is 0.378 e. The van der Waals surface area contributed by atoms with Gasteiger partial charge in [0, 0.05) is 18.6 Å². The third kappa shape index (κ3) is 3.71. The lowest BCUT2D eigenvalue weighted by molar-refractivity contribution is -0.126. The Morgan fingerprint density at radius 3 is 2.90 bits per heavy atom. The average Bonchev–Trinajstić information content (AvgIpc) is 2.45. The van der Waals surface area contributed by atoms with Crippen molar-refractivity contribution >= 4 is 5.91 Å². The van der Waals surface area contributed by atoms with Gasteiger partial charge in [0.25, 0.3) is 0 Å². The fraction of sp³-hybridized carbons (Fsp3) is 0.933. The molecule has 2 rings (SSSR count). The molecular weight excluding hydrogens is 254 g/mol. The lowest BCUT2D eigenvalue weighted by atomic mass is 9.75.